The van der Waals surface area contributed by atoms with Gasteiger partial charge in [0.2, 0.25) is 10.0 Å². The first-order valence-electron chi connectivity index (χ1n) is 8.93. The molecule has 138 valence electrons. The van der Waals surface area contributed by atoms with Crippen molar-refractivity contribution in [2.24, 2.45) is 0 Å². The zero-order valence-corrected chi connectivity index (χ0v) is 15.2. The molecule has 0 aromatic heterocycles. The van der Waals surface area contributed by atoms with Gasteiger partial charge in [0.25, 0.3) is 5.91 Å². The van der Waals surface area contributed by atoms with Gasteiger partial charge in [0.15, 0.2) is 0 Å². The van der Waals surface area contributed by atoms with Crippen molar-refractivity contribution in [2.45, 2.75) is 56.7 Å². The number of sulfonamides is 1. The summed E-state index contributed by atoms with van der Waals surface area (Å²) in [4.78, 5) is 14.3. The maximum absolute atomic E-state index is 12.4. The van der Waals surface area contributed by atoms with Crippen LogP contribution in [0.25, 0.3) is 0 Å². The Kier molecular flexibility index (Phi) is 5.79. The quantitative estimate of drug-likeness (QED) is 0.734. The van der Waals surface area contributed by atoms with E-state index in [1.54, 1.807) is 4.31 Å². The summed E-state index contributed by atoms with van der Waals surface area (Å²) < 4.78 is 37.2. The average molecular weight is 360 g/mol. The van der Waals surface area contributed by atoms with Crippen LogP contribution in [0.15, 0.2) is 0 Å². The van der Waals surface area contributed by atoms with Crippen LogP contribution >= 0.6 is 0 Å². The molecule has 3 heterocycles. The Morgan fingerprint density at radius 2 is 1.62 bits per heavy atom. The molecule has 3 fully saturated rings. The number of amides is 1. The van der Waals surface area contributed by atoms with E-state index in [0.717, 1.165) is 25.7 Å². The number of piperidine rings is 1. The van der Waals surface area contributed by atoms with Gasteiger partial charge in [-0.1, -0.05) is 0 Å². The summed E-state index contributed by atoms with van der Waals surface area (Å²) >= 11 is 0. The molecule has 0 aromatic carbocycles. The lowest BCUT2D eigenvalue weighted by Crippen LogP contribution is -2.54. The van der Waals surface area contributed by atoms with E-state index in [0.29, 0.717) is 45.8 Å². The zero-order chi connectivity index (χ0) is 17.2. The number of likely N-dealkylation sites (tertiary alicyclic amines) is 1. The summed E-state index contributed by atoms with van der Waals surface area (Å²) in [5, 5.41) is 0. The van der Waals surface area contributed by atoms with Gasteiger partial charge in [-0.2, -0.15) is 4.31 Å². The molecule has 1 unspecified atom stereocenters. The summed E-state index contributed by atoms with van der Waals surface area (Å²) in [6.45, 7) is 3.12. The van der Waals surface area contributed by atoms with Crippen molar-refractivity contribution in [3.8, 4) is 0 Å². The van der Waals surface area contributed by atoms with Crippen molar-refractivity contribution in [3.05, 3.63) is 0 Å². The van der Waals surface area contributed by atoms with Crippen LogP contribution < -0.4 is 0 Å². The third kappa shape index (κ3) is 4.09. The topological polar surface area (TPSA) is 76.2 Å². The molecule has 0 bridgehead atoms. The fourth-order valence-corrected chi connectivity index (χ4v) is 5.60. The van der Waals surface area contributed by atoms with Crippen molar-refractivity contribution in [1.82, 2.24) is 9.21 Å². The van der Waals surface area contributed by atoms with E-state index in [1.807, 2.05) is 4.90 Å². The largest absolute Gasteiger partial charge is 0.381 e. The molecular formula is C16H28N2O5S. The fraction of sp³-hybridized carbons (Fsp3) is 0.938. The number of carbonyl (C=O) groups is 1. The van der Waals surface area contributed by atoms with E-state index in [-0.39, 0.29) is 24.1 Å². The van der Waals surface area contributed by atoms with Gasteiger partial charge >= 0.3 is 0 Å². The Morgan fingerprint density at radius 1 is 1.00 bits per heavy atom. The molecule has 0 spiro atoms. The highest BCUT2D eigenvalue weighted by atomic mass is 32.2. The minimum atomic E-state index is -3.27. The Balaban J connectivity index is 1.61. The molecule has 0 N–H and O–H groups in total. The van der Waals surface area contributed by atoms with Crippen LogP contribution in [-0.2, 0) is 24.3 Å². The third-order valence-corrected chi connectivity index (χ3v) is 6.64. The number of nitrogens with zero attached hydrogens (tertiary/aromatic N) is 2. The maximum Gasteiger partial charge on any atom is 0.251 e. The van der Waals surface area contributed by atoms with Gasteiger partial charge in [0.1, 0.15) is 6.10 Å². The fourth-order valence-electron chi connectivity index (χ4n) is 4.10. The van der Waals surface area contributed by atoms with Gasteiger partial charge < -0.3 is 14.4 Å². The monoisotopic (exact) mass is 360 g/mol. The molecule has 0 saturated carbocycles. The van der Waals surface area contributed by atoms with Crippen molar-refractivity contribution in [2.75, 3.05) is 39.2 Å². The summed E-state index contributed by atoms with van der Waals surface area (Å²) in [7, 11) is -3.27. The van der Waals surface area contributed by atoms with Gasteiger partial charge in [-0.3, -0.25) is 4.79 Å². The van der Waals surface area contributed by atoms with E-state index in [2.05, 4.69) is 0 Å². The predicted molar refractivity (Wildman–Crippen MR) is 89.1 cm³/mol. The first-order valence-corrected chi connectivity index (χ1v) is 10.8. The summed E-state index contributed by atoms with van der Waals surface area (Å²) in [6.07, 6.45) is 5.65. The maximum atomic E-state index is 12.4. The van der Waals surface area contributed by atoms with Gasteiger partial charge in [0, 0.05) is 45.0 Å². The number of carbonyl (C=O) groups excluding carboxylic acids is 1. The van der Waals surface area contributed by atoms with Crippen LogP contribution in [0.5, 0.6) is 0 Å². The number of hydrogen-bond donors (Lipinski definition) is 0. The van der Waals surface area contributed by atoms with E-state index in [1.165, 1.54) is 6.26 Å². The van der Waals surface area contributed by atoms with E-state index >= 15 is 0 Å². The molecule has 8 heteroatoms. The van der Waals surface area contributed by atoms with Crippen LogP contribution in [0.1, 0.15) is 38.5 Å². The first kappa shape index (κ1) is 18.1. The summed E-state index contributed by atoms with van der Waals surface area (Å²) in [5.74, 6) is 0.0721. The standard InChI is InChI=1S/C16H28N2O5S/c1-24(20,21)18(14-6-11-22-12-7-14)13-4-8-17(9-5-13)16(19)15-3-2-10-23-15/h13-15H,2-12H2,1H3. The highest BCUT2D eigenvalue weighted by molar-refractivity contribution is 7.88. The SMILES string of the molecule is CS(=O)(=O)N(C1CCOCC1)C1CCN(C(=O)C2CCCO2)CC1. The zero-order valence-electron chi connectivity index (χ0n) is 14.4. The van der Waals surface area contributed by atoms with Crippen molar-refractivity contribution in [1.29, 1.82) is 0 Å². The molecule has 0 aromatic rings. The van der Waals surface area contributed by atoms with E-state index < -0.39 is 10.0 Å². The Hall–Kier alpha value is -0.700. The molecule has 3 aliphatic rings. The normalized spacial score (nSPS) is 27.8. The molecular weight excluding hydrogens is 332 g/mol. The van der Waals surface area contributed by atoms with E-state index in [4.69, 9.17) is 9.47 Å². The van der Waals surface area contributed by atoms with Crippen LogP contribution in [0.3, 0.4) is 0 Å². The Bertz CT molecular complexity index is 533. The number of ether oxygens (including phenoxy) is 2. The molecule has 0 radical (unpaired) electrons. The molecule has 1 amide bonds. The van der Waals surface area contributed by atoms with Crippen molar-refractivity contribution in [3.63, 3.8) is 0 Å². The van der Waals surface area contributed by atoms with Crippen LogP contribution in [0, 0.1) is 0 Å². The van der Waals surface area contributed by atoms with Crippen LogP contribution in [0.2, 0.25) is 0 Å². The average Bonchev–Trinajstić information content (AvgIpc) is 3.09. The van der Waals surface area contributed by atoms with Crippen molar-refractivity contribution < 1.29 is 22.7 Å². The number of hydrogen-bond acceptors (Lipinski definition) is 5. The predicted octanol–water partition coefficient (Wildman–Crippen LogP) is 0.597. The Morgan fingerprint density at radius 3 is 2.17 bits per heavy atom. The minimum absolute atomic E-state index is 0.0170. The van der Waals surface area contributed by atoms with Gasteiger partial charge in [0.05, 0.1) is 6.26 Å². The highest BCUT2D eigenvalue weighted by Crippen LogP contribution is 2.27. The highest BCUT2D eigenvalue weighted by Gasteiger charge is 2.38. The molecule has 1 atom stereocenters. The third-order valence-electron chi connectivity index (χ3n) is 5.27. The second-order valence-electron chi connectivity index (χ2n) is 6.99. The van der Waals surface area contributed by atoms with Crippen LogP contribution in [0.4, 0.5) is 0 Å². The Labute approximate surface area is 144 Å². The first-order chi connectivity index (χ1) is 11.5. The molecule has 3 saturated heterocycles. The lowest BCUT2D eigenvalue weighted by Gasteiger charge is -2.42. The van der Waals surface area contributed by atoms with Gasteiger partial charge in [-0.25, -0.2) is 8.42 Å². The molecule has 0 aliphatic carbocycles. The molecule has 7 nitrogen and oxygen atoms in total. The van der Waals surface area contributed by atoms with Gasteiger partial charge in [-0.05, 0) is 38.5 Å². The minimum Gasteiger partial charge on any atom is -0.381 e. The molecule has 24 heavy (non-hydrogen) atoms. The molecule has 3 rings (SSSR count). The summed E-state index contributed by atoms with van der Waals surface area (Å²) in [5.41, 5.74) is 0. The van der Waals surface area contributed by atoms with E-state index in [9.17, 15) is 13.2 Å². The smallest absolute Gasteiger partial charge is 0.251 e. The van der Waals surface area contributed by atoms with Crippen LogP contribution in [-0.4, -0.2) is 80.9 Å². The second-order valence-corrected chi connectivity index (χ2v) is 8.88. The lowest BCUT2D eigenvalue weighted by molar-refractivity contribution is -0.142. The van der Waals surface area contributed by atoms with Gasteiger partial charge in [-0.15, -0.1) is 0 Å². The number of rotatable bonds is 4. The summed E-state index contributed by atoms with van der Waals surface area (Å²) in [6, 6.07) is 0.0100. The van der Waals surface area contributed by atoms with Crippen molar-refractivity contribution >= 4 is 15.9 Å². The lowest BCUT2D eigenvalue weighted by atomic mass is 10.0. The molecule has 3 aliphatic heterocycles. The second kappa shape index (κ2) is 7.68.